The van der Waals surface area contributed by atoms with Crippen LogP contribution in [0.1, 0.15) is 0 Å². The summed E-state index contributed by atoms with van der Waals surface area (Å²) < 4.78 is 9.86. The van der Waals surface area contributed by atoms with Gasteiger partial charge in [-0.05, 0) is 0 Å². The van der Waals surface area contributed by atoms with Crippen molar-refractivity contribution in [2.45, 2.75) is 12.4 Å². The van der Waals surface area contributed by atoms with Gasteiger partial charge < -0.3 is 9.47 Å². The van der Waals surface area contributed by atoms with Gasteiger partial charge in [-0.25, -0.2) is 0 Å². The summed E-state index contributed by atoms with van der Waals surface area (Å²) >= 11 is 6.47. The fourth-order valence-corrected chi connectivity index (χ4v) is 1.82. The van der Waals surface area contributed by atoms with Gasteiger partial charge in [0.05, 0.1) is 6.10 Å². The van der Waals surface area contributed by atoms with E-state index in [9.17, 15) is 4.79 Å². The van der Waals surface area contributed by atoms with Crippen molar-refractivity contribution in [3.05, 3.63) is 0 Å². The van der Waals surface area contributed by atoms with Gasteiger partial charge in [0.25, 0.3) is 0 Å². The lowest BCUT2D eigenvalue weighted by atomic mass is 10.5. The predicted molar refractivity (Wildman–Crippen MR) is 49.3 cm³/mol. The molecule has 66 valence electrons. The highest BCUT2D eigenvalue weighted by molar-refractivity contribution is 9.09. The normalized spacial score (nSPS) is 13.5. The summed E-state index contributed by atoms with van der Waals surface area (Å²) in [6.45, 7) is 0. The van der Waals surface area contributed by atoms with Crippen LogP contribution >= 0.6 is 31.9 Å². The third kappa shape index (κ3) is 4.90. The van der Waals surface area contributed by atoms with E-state index in [4.69, 9.17) is 9.47 Å². The molecule has 0 bridgehead atoms. The molecule has 0 amide bonds. The maximum Gasteiger partial charge on any atom is 0.214 e. The second-order valence-electron chi connectivity index (χ2n) is 1.81. The second kappa shape index (κ2) is 7.21. The quantitative estimate of drug-likeness (QED) is 0.420. The van der Waals surface area contributed by atoms with Crippen molar-refractivity contribution in [3.8, 4) is 0 Å². The molecule has 0 aliphatic rings. The van der Waals surface area contributed by atoms with E-state index in [2.05, 4.69) is 31.9 Å². The van der Waals surface area contributed by atoms with E-state index >= 15 is 0 Å². The smallest absolute Gasteiger partial charge is 0.214 e. The average molecular weight is 290 g/mol. The fraction of sp³-hybridized carbons (Fsp3) is 0.833. The summed E-state index contributed by atoms with van der Waals surface area (Å²) in [5.41, 5.74) is 0. The van der Waals surface area contributed by atoms with E-state index in [1.807, 2.05) is 0 Å². The molecule has 5 heteroatoms. The first kappa shape index (κ1) is 11.6. The molecule has 0 aliphatic heterocycles. The van der Waals surface area contributed by atoms with E-state index in [0.717, 1.165) is 0 Å². The Labute approximate surface area is 82.7 Å². The van der Waals surface area contributed by atoms with Crippen LogP contribution in [-0.2, 0) is 14.3 Å². The molecule has 1 atom stereocenters. The SMILES string of the molecule is COC(C=O)OC(CBr)CBr. The summed E-state index contributed by atoms with van der Waals surface area (Å²) in [5.74, 6) is 0. The minimum absolute atomic E-state index is 0.0369. The Balaban J connectivity index is 3.67. The molecule has 0 aromatic heterocycles. The molecule has 0 aromatic carbocycles. The standard InChI is InChI=1S/C6H10Br2O3/c1-10-6(4-9)11-5(2-7)3-8/h4-6H,2-3H2,1H3. The van der Waals surface area contributed by atoms with Gasteiger partial charge in [0.15, 0.2) is 6.29 Å². The number of alkyl halides is 2. The van der Waals surface area contributed by atoms with Crippen molar-refractivity contribution >= 4 is 38.1 Å². The zero-order valence-electron chi connectivity index (χ0n) is 6.13. The monoisotopic (exact) mass is 288 g/mol. The van der Waals surface area contributed by atoms with E-state index in [1.54, 1.807) is 0 Å². The highest BCUT2D eigenvalue weighted by Gasteiger charge is 2.12. The van der Waals surface area contributed by atoms with Crippen LogP contribution in [0.2, 0.25) is 0 Å². The van der Waals surface area contributed by atoms with Crippen molar-refractivity contribution in [1.82, 2.24) is 0 Å². The molecular formula is C6H10Br2O3. The van der Waals surface area contributed by atoms with Crippen molar-refractivity contribution in [3.63, 3.8) is 0 Å². The Morgan fingerprint density at radius 3 is 2.27 bits per heavy atom. The lowest BCUT2D eigenvalue weighted by Gasteiger charge is -2.15. The summed E-state index contributed by atoms with van der Waals surface area (Å²) in [7, 11) is 1.43. The molecule has 1 unspecified atom stereocenters. The van der Waals surface area contributed by atoms with Gasteiger partial charge in [0, 0.05) is 17.8 Å². The van der Waals surface area contributed by atoms with Gasteiger partial charge in [-0.3, -0.25) is 4.79 Å². The number of methoxy groups -OCH3 is 1. The van der Waals surface area contributed by atoms with Crippen LogP contribution in [0.3, 0.4) is 0 Å². The maximum atomic E-state index is 10.2. The van der Waals surface area contributed by atoms with Crippen molar-refractivity contribution in [1.29, 1.82) is 0 Å². The largest absolute Gasteiger partial charge is 0.350 e. The summed E-state index contributed by atoms with van der Waals surface area (Å²) in [5, 5.41) is 1.35. The highest BCUT2D eigenvalue weighted by atomic mass is 79.9. The number of ether oxygens (including phenoxy) is 2. The maximum absolute atomic E-state index is 10.2. The van der Waals surface area contributed by atoms with Gasteiger partial charge in [-0.2, -0.15) is 0 Å². The Kier molecular flexibility index (Phi) is 7.57. The van der Waals surface area contributed by atoms with Crippen LogP contribution in [0.15, 0.2) is 0 Å². The number of rotatable bonds is 6. The first-order chi connectivity index (χ1) is 5.28. The first-order valence-corrected chi connectivity index (χ1v) is 5.28. The highest BCUT2D eigenvalue weighted by Crippen LogP contribution is 2.04. The summed E-state index contributed by atoms with van der Waals surface area (Å²) in [6, 6.07) is 0. The summed E-state index contributed by atoms with van der Waals surface area (Å²) in [4.78, 5) is 10.2. The molecule has 0 aromatic rings. The lowest BCUT2D eigenvalue weighted by molar-refractivity contribution is -0.158. The zero-order chi connectivity index (χ0) is 8.69. The van der Waals surface area contributed by atoms with E-state index in [-0.39, 0.29) is 6.10 Å². The van der Waals surface area contributed by atoms with Crippen LogP contribution in [0.25, 0.3) is 0 Å². The van der Waals surface area contributed by atoms with E-state index in [1.165, 1.54) is 7.11 Å². The van der Waals surface area contributed by atoms with Crippen molar-refractivity contribution in [2.75, 3.05) is 17.8 Å². The van der Waals surface area contributed by atoms with Gasteiger partial charge >= 0.3 is 0 Å². The number of hydrogen-bond donors (Lipinski definition) is 0. The lowest BCUT2D eigenvalue weighted by Crippen LogP contribution is -2.27. The average Bonchev–Trinajstić information content (AvgIpc) is 2.07. The Morgan fingerprint density at radius 2 is 2.00 bits per heavy atom. The predicted octanol–water partition coefficient (Wildman–Crippen LogP) is 1.33. The third-order valence-corrected chi connectivity index (χ3v) is 2.46. The minimum Gasteiger partial charge on any atom is -0.350 e. The third-order valence-electron chi connectivity index (χ3n) is 1.01. The molecule has 0 radical (unpaired) electrons. The molecule has 0 aliphatic carbocycles. The molecule has 0 heterocycles. The molecule has 0 fully saturated rings. The van der Waals surface area contributed by atoms with E-state index in [0.29, 0.717) is 16.9 Å². The van der Waals surface area contributed by atoms with Gasteiger partial charge in [-0.1, -0.05) is 31.9 Å². The second-order valence-corrected chi connectivity index (χ2v) is 3.10. The number of hydrogen-bond acceptors (Lipinski definition) is 3. The molecule has 3 nitrogen and oxygen atoms in total. The van der Waals surface area contributed by atoms with Crippen molar-refractivity contribution in [2.24, 2.45) is 0 Å². The summed E-state index contributed by atoms with van der Waals surface area (Å²) in [6.07, 6.45) is -0.168. The molecule has 0 rings (SSSR count). The first-order valence-electron chi connectivity index (χ1n) is 3.04. The molecule has 0 saturated carbocycles. The van der Waals surface area contributed by atoms with Gasteiger partial charge in [0.1, 0.15) is 0 Å². The topological polar surface area (TPSA) is 35.5 Å². The van der Waals surface area contributed by atoms with Crippen LogP contribution in [0, 0.1) is 0 Å². The Bertz CT molecular complexity index is 106. The molecule has 0 N–H and O–H groups in total. The van der Waals surface area contributed by atoms with Crippen LogP contribution in [-0.4, -0.2) is 36.5 Å². The van der Waals surface area contributed by atoms with E-state index < -0.39 is 6.29 Å². The molecule has 0 spiro atoms. The van der Waals surface area contributed by atoms with Crippen LogP contribution in [0.4, 0.5) is 0 Å². The van der Waals surface area contributed by atoms with Crippen LogP contribution < -0.4 is 0 Å². The minimum atomic E-state index is -0.755. The van der Waals surface area contributed by atoms with Gasteiger partial charge in [-0.15, -0.1) is 0 Å². The van der Waals surface area contributed by atoms with Gasteiger partial charge in [0.2, 0.25) is 6.29 Å². The fourth-order valence-electron chi connectivity index (χ4n) is 0.447. The molecular weight excluding hydrogens is 280 g/mol. The van der Waals surface area contributed by atoms with Crippen LogP contribution in [0.5, 0.6) is 0 Å². The molecule has 11 heavy (non-hydrogen) atoms. The van der Waals surface area contributed by atoms with Crippen molar-refractivity contribution < 1.29 is 14.3 Å². The molecule has 0 saturated heterocycles. The zero-order valence-corrected chi connectivity index (χ0v) is 9.30. The number of carbonyl (C=O) groups is 1. The Morgan fingerprint density at radius 1 is 1.45 bits per heavy atom. The number of carbonyl (C=O) groups excluding carboxylic acids is 1. The Hall–Kier alpha value is 0.550. The number of aldehydes is 1. The number of halogens is 2.